The summed E-state index contributed by atoms with van der Waals surface area (Å²) in [5, 5.41) is 0. The standard InChI is InChI=1S/C25H39F5O3/c1-5-7-8-9-10-12-15-18(25(31-3,32-4)33-6-2)16-13-11-14-17-19-20(26)22(28)24(30)23(29)21(19)27/h18H,5-17H2,1-4H3. The van der Waals surface area contributed by atoms with Crippen LogP contribution in [0, 0.1) is 35.0 Å². The molecule has 192 valence electrons. The van der Waals surface area contributed by atoms with Crippen LogP contribution in [0.4, 0.5) is 22.0 Å². The lowest BCUT2D eigenvalue weighted by atomic mass is 9.91. The monoisotopic (exact) mass is 482 g/mol. The number of hydrogen-bond acceptors (Lipinski definition) is 3. The highest BCUT2D eigenvalue weighted by atomic mass is 19.2. The minimum atomic E-state index is -2.13. The first-order valence-corrected chi connectivity index (χ1v) is 12.0. The van der Waals surface area contributed by atoms with Crippen molar-refractivity contribution in [1.29, 1.82) is 0 Å². The molecule has 0 aliphatic rings. The fourth-order valence-electron chi connectivity index (χ4n) is 4.26. The maximum absolute atomic E-state index is 13.9. The second kappa shape index (κ2) is 15.6. The van der Waals surface area contributed by atoms with Gasteiger partial charge in [0.15, 0.2) is 23.3 Å². The van der Waals surface area contributed by atoms with Crippen LogP contribution in [0.1, 0.15) is 90.0 Å². The van der Waals surface area contributed by atoms with Gasteiger partial charge in [-0.15, -0.1) is 0 Å². The Morgan fingerprint density at radius 2 is 1.09 bits per heavy atom. The molecule has 0 bridgehead atoms. The summed E-state index contributed by atoms with van der Waals surface area (Å²) in [6, 6.07) is 0. The topological polar surface area (TPSA) is 27.7 Å². The van der Waals surface area contributed by atoms with Gasteiger partial charge in [-0.3, -0.25) is 0 Å². The molecule has 33 heavy (non-hydrogen) atoms. The van der Waals surface area contributed by atoms with E-state index in [0.29, 0.717) is 32.3 Å². The quantitative estimate of drug-likeness (QED) is 0.0701. The Morgan fingerprint density at radius 1 is 0.636 bits per heavy atom. The predicted molar refractivity (Wildman–Crippen MR) is 118 cm³/mol. The maximum atomic E-state index is 13.9. The molecule has 0 aromatic heterocycles. The van der Waals surface area contributed by atoms with Crippen LogP contribution in [0.3, 0.4) is 0 Å². The van der Waals surface area contributed by atoms with Crippen molar-refractivity contribution in [3.63, 3.8) is 0 Å². The van der Waals surface area contributed by atoms with Gasteiger partial charge in [-0.05, 0) is 32.6 Å². The van der Waals surface area contributed by atoms with Crippen molar-refractivity contribution in [3.05, 3.63) is 34.6 Å². The van der Waals surface area contributed by atoms with Crippen molar-refractivity contribution in [2.75, 3.05) is 20.8 Å². The van der Waals surface area contributed by atoms with E-state index in [1.54, 1.807) is 0 Å². The average molecular weight is 483 g/mol. The van der Waals surface area contributed by atoms with Crippen molar-refractivity contribution < 1.29 is 36.2 Å². The predicted octanol–water partition coefficient (Wildman–Crippen LogP) is 7.83. The van der Waals surface area contributed by atoms with Gasteiger partial charge in [0.2, 0.25) is 5.82 Å². The Labute approximate surface area is 195 Å². The molecule has 0 N–H and O–H groups in total. The molecule has 1 atom stereocenters. The molecule has 0 saturated heterocycles. The molecular formula is C25H39F5O3. The Kier molecular flexibility index (Phi) is 14.1. The van der Waals surface area contributed by atoms with Crippen LogP contribution >= 0.6 is 0 Å². The van der Waals surface area contributed by atoms with Crippen molar-refractivity contribution in [1.82, 2.24) is 0 Å². The van der Waals surface area contributed by atoms with Crippen LogP contribution in [0.2, 0.25) is 0 Å². The Hall–Kier alpha value is -1.25. The van der Waals surface area contributed by atoms with Gasteiger partial charge in [0.1, 0.15) is 0 Å². The normalized spacial score (nSPS) is 13.0. The molecule has 8 heteroatoms. The fourth-order valence-corrected chi connectivity index (χ4v) is 4.26. The highest BCUT2D eigenvalue weighted by Crippen LogP contribution is 2.34. The summed E-state index contributed by atoms with van der Waals surface area (Å²) in [6.45, 7) is 4.45. The third kappa shape index (κ3) is 8.48. The van der Waals surface area contributed by atoms with Crippen molar-refractivity contribution in [2.24, 2.45) is 5.92 Å². The number of methoxy groups -OCH3 is 2. The summed E-state index contributed by atoms with van der Waals surface area (Å²) in [4.78, 5) is 0. The van der Waals surface area contributed by atoms with Crippen LogP contribution in [0.25, 0.3) is 0 Å². The Bertz CT molecular complexity index is 666. The van der Waals surface area contributed by atoms with Crippen LogP contribution in [-0.4, -0.2) is 26.8 Å². The van der Waals surface area contributed by atoms with Crippen LogP contribution in [0.15, 0.2) is 0 Å². The van der Waals surface area contributed by atoms with E-state index >= 15 is 0 Å². The smallest absolute Gasteiger partial charge is 0.285 e. The third-order valence-electron chi connectivity index (χ3n) is 6.10. The van der Waals surface area contributed by atoms with E-state index in [0.717, 1.165) is 19.3 Å². The zero-order valence-electron chi connectivity index (χ0n) is 20.4. The minimum Gasteiger partial charge on any atom is -0.331 e. The summed E-state index contributed by atoms with van der Waals surface area (Å²) in [5.41, 5.74) is -0.757. The molecule has 0 fully saturated rings. The van der Waals surface area contributed by atoms with E-state index in [9.17, 15) is 22.0 Å². The van der Waals surface area contributed by atoms with E-state index in [1.807, 2.05) is 6.92 Å². The van der Waals surface area contributed by atoms with Gasteiger partial charge in [-0.25, -0.2) is 22.0 Å². The summed E-state index contributed by atoms with van der Waals surface area (Å²) >= 11 is 0. The van der Waals surface area contributed by atoms with Gasteiger partial charge >= 0.3 is 0 Å². The highest BCUT2D eigenvalue weighted by Gasteiger charge is 2.39. The summed E-state index contributed by atoms with van der Waals surface area (Å²) < 4.78 is 84.7. The van der Waals surface area contributed by atoms with Crippen molar-refractivity contribution in [2.45, 2.75) is 96.9 Å². The van der Waals surface area contributed by atoms with E-state index in [-0.39, 0.29) is 12.3 Å². The molecule has 0 aliphatic heterocycles. The van der Waals surface area contributed by atoms with E-state index in [4.69, 9.17) is 14.2 Å². The molecule has 0 spiro atoms. The van der Waals surface area contributed by atoms with Gasteiger partial charge in [-0.1, -0.05) is 58.3 Å². The zero-order chi connectivity index (χ0) is 24.9. The third-order valence-corrected chi connectivity index (χ3v) is 6.10. The lowest BCUT2D eigenvalue weighted by Crippen LogP contribution is -2.45. The number of unbranched alkanes of at least 4 members (excludes halogenated alkanes) is 7. The molecule has 1 aromatic rings. The van der Waals surface area contributed by atoms with Crippen molar-refractivity contribution in [3.8, 4) is 0 Å². The molecule has 3 nitrogen and oxygen atoms in total. The number of halogens is 5. The first-order valence-electron chi connectivity index (χ1n) is 12.0. The Morgan fingerprint density at radius 3 is 1.58 bits per heavy atom. The Balaban J connectivity index is 2.68. The molecule has 0 aliphatic carbocycles. The summed E-state index contributed by atoms with van der Waals surface area (Å²) in [7, 11) is 3.08. The molecule has 0 amide bonds. The van der Waals surface area contributed by atoms with Gasteiger partial charge in [0.25, 0.3) is 5.97 Å². The van der Waals surface area contributed by atoms with Crippen LogP contribution in [-0.2, 0) is 20.6 Å². The van der Waals surface area contributed by atoms with E-state index < -0.39 is 40.6 Å². The number of ether oxygens (including phenoxy) is 3. The molecule has 1 rings (SSSR count). The molecular weight excluding hydrogens is 443 g/mol. The highest BCUT2D eigenvalue weighted by molar-refractivity contribution is 5.24. The first kappa shape index (κ1) is 29.8. The molecule has 0 heterocycles. The van der Waals surface area contributed by atoms with Crippen LogP contribution < -0.4 is 0 Å². The van der Waals surface area contributed by atoms with Gasteiger partial charge in [0, 0.05) is 32.3 Å². The number of rotatable bonds is 18. The molecule has 1 aromatic carbocycles. The SMILES string of the molecule is CCCCCCCCC(CCCCCc1c(F)c(F)c(F)c(F)c1F)C(OC)(OC)OCC. The van der Waals surface area contributed by atoms with Gasteiger partial charge in [-0.2, -0.15) is 0 Å². The van der Waals surface area contributed by atoms with Crippen LogP contribution in [0.5, 0.6) is 0 Å². The number of benzene rings is 1. The molecule has 0 saturated carbocycles. The van der Waals surface area contributed by atoms with Gasteiger partial charge in [0.05, 0.1) is 0 Å². The summed E-state index contributed by atoms with van der Waals surface area (Å²) in [5.74, 6) is -10.6. The van der Waals surface area contributed by atoms with E-state index in [2.05, 4.69) is 6.92 Å². The van der Waals surface area contributed by atoms with E-state index in [1.165, 1.54) is 39.9 Å². The zero-order valence-corrected chi connectivity index (χ0v) is 20.4. The number of hydrogen-bond donors (Lipinski definition) is 0. The minimum absolute atomic E-state index is 0.0483. The average Bonchev–Trinajstić information content (AvgIpc) is 2.82. The van der Waals surface area contributed by atoms with Gasteiger partial charge < -0.3 is 14.2 Å². The van der Waals surface area contributed by atoms with Crippen molar-refractivity contribution >= 4 is 0 Å². The molecule has 1 unspecified atom stereocenters. The lowest BCUT2D eigenvalue weighted by molar-refractivity contribution is -0.388. The largest absolute Gasteiger partial charge is 0.331 e. The second-order valence-corrected chi connectivity index (χ2v) is 8.35. The summed E-state index contributed by atoms with van der Waals surface area (Å²) in [6.07, 6.45) is 9.74. The second-order valence-electron chi connectivity index (χ2n) is 8.35. The lowest BCUT2D eigenvalue weighted by Gasteiger charge is -2.37. The fraction of sp³-hybridized carbons (Fsp3) is 0.760. The molecule has 0 radical (unpaired) electrons. The first-order chi connectivity index (χ1) is 15.8. The maximum Gasteiger partial charge on any atom is 0.285 e.